The molecule has 0 fully saturated rings. The molecule has 0 amide bonds. The quantitative estimate of drug-likeness (QED) is 0.540. The van der Waals surface area contributed by atoms with Crippen molar-refractivity contribution in [2.24, 2.45) is 5.41 Å². The Bertz CT molecular complexity index is 849. The highest BCUT2D eigenvalue weighted by molar-refractivity contribution is 5.78. The Morgan fingerprint density at radius 1 is 1.04 bits per heavy atom. The van der Waals surface area contributed by atoms with Crippen LogP contribution in [-0.4, -0.2) is 26.2 Å². The monoisotopic (exact) mass is 336 g/mol. The van der Waals surface area contributed by atoms with E-state index in [1.807, 2.05) is 63.2 Å². The second-order valence-electron chi connectivity index (χ2n) is 6.79. The van der Waals surface area contributed by atoms with E-state index >= 15 is 0 Å². The van der Waals surface area contributed by atoms with E-state index in [9.17, 15) is 4.79 Å². The third-order valence-electron chi connectivity index (χ3n) is 3.56. The van der Waals surface area contributed by atoms with Crippen LogP contribution in [0.4, 0.5) is 0 Å². The third kappa shape index (κ3) is 4.29. The van der Waals surface area contributed by atoms with E-state index in [4.69, 9.17) is 4.74 Å². The van der Waals surface area contributed by atoms with Crippen molar-refractivity contribution in [3.63, 3.8) is 0 Å². The Hall–Kier alpha value is -3.02. The average molecular weight is 336 g/mol. The molecule has 0 aliphatic rings. The van der Waals surface area contributed by atoms with Crippen LogP contribution in [0, 0.1) is 5.41 Å². The Balaban J connectivity index is 1.70. The van der Waals surface area contributed by atoms with Crippen LogP contribution in [0.3, 0.4) is 0 Å². The summed E-state index contributed by atoms with van der Waals surface area (Å²) in [5.41, 5.74) is 1.38. The number of carbonyl (C=O) groups excluding carboxylic acids is 1. The van der Waals surface area contributed by atoms with Crippen molar-refractivity contribution in [1.29, 1.82) is 0 Å². The molecule has 3 aromatic rings. The molecule has 0 unspecified atom stereocenters. The topological polar surface area (TPSA) is 69.9 Å². The molecule has 3 rings (SSSR count). The molecule has 0 radical (unpaired) electrons. The van der Waals surface area contributed by atoms with E-state index in [0.29, 0.717) is 18.1 Å². The molecule has 1 aromatic heterocycles. The predicted octanol–water partition coefficient (Wildman–Crippen LogP) is 3.34. The summed E-state index contributed by atoms with van der Waals surface area (Å²) in [6, 6.07) is 17.0. The first-order valence-electron chi connectivity index (χ1n) is 8.06. The Labute approximate surface area is 146 Å². The molecular formula is C19H20N4O2. The summed E-state index contributed by atoms with van der Waals surface area (Å²) in [6.45, 7) is 6.02. The molecule has 128 valence electrons. The van der Waals surface area contributed by atoms with Crippen molar-refractivity contribution in [2.45, 2.75) is 27.3 Å². The summed E-state index contributed by atoms with van der Waals surface area (Å²) in [5.74, 6) is 0.761. The molecule has 0 spiro atoms. The number of rotatable bonds is 4. The highest BCUT2D eigenvalue weighted by atomic mass is 16.5. The number of hydrogen-bond acceptors (Lipinski definition) is 5. The highest BCUT2D eigenvalue weighted by Gasteiger charge is 2.23. The lowest BCUT2D eigenvalue weighted by Gasteiger charge is -2.16. The zero-order valence-corrected chi connectivity index (χ0v) is 14.5. The molecule has 0 N–H and O–H groups in total. The summed E-state index contributed by atoms with van der Waals surface area (Å²) in [4.78, 5) is 13.5. The van der Waals surface area contributed by atoms with Gasteiger partial charge in [0.15, 0.2) is 0 Å². The minimum atomic E-state index is -0.541. The third-order valence-corrected chi connectivity index (χ3v) is 3.56. The molecule has 6 heteroatoms. The van der Waals surface area contributed by atoms with Gasteiger partial charge in [-0.3, -0.25) is 4.79 Å². The zero-order valence-electron chi connectivity index (χ0n) is 14.5. The maximum Gasteiger partial charge on any atom is 0.316 e. The highest BCUT2D eigenvalue weighted by Crippen LogP contribution is 2.22. The SMILES string of the molecule is CC(C)(C)C(=O)Oc1ccc(-c2nnn(Cc3ccccc3)n2)cc1. The first-order valence-corrected chi connectivity index (χ1v) is 8.06. The molecule has 2 aromatic carbocycles. The van der Waals surface area contributed by atoms with Crippen molar-refractivity contribution in [3.05, 3.63) is 60.2 Å². The lowest BCUT2D eigenvalue weighted by atomic mass is 9.97. The summed E-state index contributed by atoms with van der Waals surface area (Å²) < 4.78 is 5.35. The second-order valence-corrected chi connectivity index (χ2v) is 6.79. The van der Waals surface area contributed by atoms with Gasteiger partial charge in [0, 0.05) is 5.56 Å². The van der Waals surface area contributed by atoms with Crippen LogP contribution in [0.25, 0.3) is 11.4 Å². The molecule has 1 heterocycles. The molecule has 0 aliphatic carbocycles. The van der Waals surface area contributed by atoms with Crippen LogP contribution in [0.15, 0.2) is 54.6 Å². The van der Waals surface area contributed by atoms with E-state index in [1.54, 1.807) is 16.9 Å². The number of ether oxygens (including phenoxy) is 1. The molecule has 0 atom stereocenters. The van der Waals surface area contributed by atoms with Crippen LogP contribution in [0.2, 0.25) is 0 Å². The van der Waals surface area contributed by atoms with Crippen molar-refractivity contribution in [1.82, 2.24) is 20.2 Å². The van der Waals surface area contributed by atoms with Gasteiger partial charge in [-0.25, -0.2) is 0 Å². The molecular weight excluding hydrogens is 316 g/mol. The Morgan fingerprint density at radius 2 is 1.72 bits per heavy atom. The molecule has 25 heavy (non-hydrogen) atoms. The first-order chi connectivity index (χ1) is 11.9. The van der Waals surface area contributed by atoms with Crippen LogP contribution in [0.1, 0.15) is 26.3 Å². The molecule has 0 saturated heterocycles. The van der Waals surface area contributed by atoms with Crippen molar-refractivity contribution in [3.8, 4) is 17.1 Å². The molecule has 0 aliphatic heterocycles. The van der Waals surface area contributed by atoms with Gasteiger partial charge < -0.3 is 4.74 Å². The van der Waals surface area contributed by atoms with Gasteiger partial charge in [0.25, 0.3) is 0 Å². The fourth-order valence-electron chi connectivity index (χ4n) is 2.10. The second kappa shape index (κ2) is 6.84. The Morgan fingerprint density at radius 3 is 2.36 bits per heavy atom. The number of benzene rings is 2. The minimum Gasteiger partial charge on any atom is -0.426 e. The average Bonchev–Trinajstić information content (AvgIpc) is 3.04. The van der Waals surface area contributed by atoms with Crippen LogP contribution < -0.4 is 4.74 Å². The van der Waals surface area contributed by atoms with Gasteiger partial charge >= 0.3 is 5.97 Å². The summed E-state index contributed by atoms with van der Waals surface area (Å²) >= 11 is 0. The summed E-state index contributed by atoms with van der Waals surface area (Å²) in [7, 11) is 0. The van der Waals surface area contributed by atoms with Gasteiger partial charge in [0.2, 0.25) is 5.82 Å². The molecule has 6 nitrogen and oxygen atoms in total. The smallest absolute Gasteiger partial charge is 0.316 e. The van der Waals surface area contributed by atoms with Crippen molar-refractivity contribution in [2.75, 3.05) is 0 Å². The number of carbonyl (C=O) groups is 1. The van der Waals surface area contributed by atoms with Crippen molar-refractivity contribution >= 4 is 5.97 Å². The van der Waals surface area contributed by atoms with E-state index in [-0.39, 0.29) is 5.97 Å². The fraction of sp³-hybridized carbons (Fsp3) is 0.263. The van der Waals surface area contributed by atoms with Crippen LogP contribution in [-0.2, 0) is 11.3 Å². The van der Waals surface area contributed by atoms with Crippen molar-refractivity contribution < 1.29 is 9.53 Å². The summed E-state index contributed by atoms with van der Waals surface area (Å²) in [5, 5.41) is 12.6. The zero-order chi connectivity index (χ0) is 17.9. The first kappa shape index (κ1) is 16.8. The number of esters is 1. The van der Waals surface area contributed by atoms with E-state index in [1.165, 1.54) is 0 Å². The Kier molecular flexibility index (Phi) is 4.61. The lowest BCUT2D eigenvalue weighted by Crippen LogP contribution is -2.25. The lowest BCUT2D eigenvalue weighted by molar-refractivity contribution is -0.142. The standard InChI is InChI=1S/C19H20N4O2/c1-19(2,3)18(24)25-16-11-9-15(10-12-16)17-20-22-23(21-17)13-14-7-5-4-6-8-14/h4-12H,13H2,1-3H3. The van der Waals surface area contributed by atoms with Gasteiger partial charge in [0.05, 0.1) is 12.0 Å². The van der Waals surface area contributed by atoms with E-state index < -0.39 is 5.41 Å². The van der Waals surface area contributed by atoms with Crippen LogP contribution >= 0.6 is 0 Å². The predicted molar refractivity (Wildman–Crippen MR) is 93.9 cm³/mol. The van der Waals surface area contributed by atoms with Gasteiger partial charge in [-0.2, -0.15) is 4.80 Å². The van der Waals surface area contributed by atoms with Gasteiger partial charge in [-0.15, -0.1) is 10.2 Å². The molecule has 0 bridgehead atoms. The van der Waals surface area contributed by atoms with Gasteiger partial charge in [0.1, 0.15) is 5.75 Å². The minimum absolute atomic E-state index is 0.271. The number of aromatic nitrogens is 4. The normalized spacial score (nSPS) is 11.3. The summed E-state index contributed by atoms with van der Waals surface area (Å²) in [6.07, 6.45) is 0. The van der Waals surface area contributed by atoms with Crippen LogP contribution in [0.5, 0.6) is 5.75 Å². The fourth-order valence-corrected chi connectivity index (χ4v) is 2.10. The molecule has 0 saturated carbocycles. The number of hydrogen-bond donors (Lipinski definition) is 0. The van der Waals surface area contributed by atoms with Gasteiger partial charge in [-0.1, -0.05) is 30.3 Å². The number of nitrogens with zero attached hydrogens (tertiary/aromatic N) is 4. The maximum absolute atomic E-state index is 11.9. The van der Waals surface area contributed by atoms with E-state index in [2.05, 4.69) is 15.4 Å². The number of tetrazole rings is 1. The largest absolute Gasteiger partial charge is 0.426 e. The maximum atomic E-state index is 11.9. The van der Waals surface area contributed by atoms with E-state index in [0.717, 1.165) is 11.1 Å². The van der Waals surface area contributed by atoms with Gasteiger partial charge in [-0.05, 0) is 55.8 Å².